The van der Waals surface area contributed by atoms with Crippen molar-refractivity contribution in [3.8, 4) is 22.9 Å². The van der Waals surface area contributed by atoms with Crippen molar-refractivity contribution in [2.45, 2.75) is 12.8 Å². The van der Waals surface area contributed by atoms with Crippen molar-refractivity contribution in [2.24, 2.45) is 5.92 Å². The van der Waals surface area contributed by atoms with Crippen LogP contribution in [0, 0.1) is 5.92 Å². The molecular formula is C15H19N3O3. The molecule has 1 aliphatic rings. The first-order chi connectivity index (χ1) is 10.2. The van der Waals surface area contributed by atoms with Crippen molar-refractivity contribution in [1.29, 1.82) is 0 Å². The molecule has 2 heterocycles. The van der Waals surface area contributed by atoms with Gasteiger partial charge in [-0.3, -0.25) is 0 Å². The number of rotatable bonds is 4. The lowest BCUT2D eigenvalue weighted by Gasteiger charge is -2.08. The lowest BCUT2D eigenvalue weighted by molar-refractivity contribution is 0.340. The lowest BCUT2D eigenvalue weighted by Crippen LogP contribution is -2.08. The molecule has 0 amide bonds. The van der Waals surface area contributed by atoms with Crippen molar-refractivity contribution in [2.75, 3.05) is 27.3 Å². The molecular weight excluding hydrogens is 270 g/mol. The molecule has 1 aliphatic heterocycles. The Morgan fingerprint density at radius 2 is 2.00 bits per heavy atom. The SMILES string of the molecule is COc1ccc(-c2noc(C3CNCC3C)n2)cc1OC. The highest BCUT2D eigenvalue weighted by Gasteiger charge is 2.29. The Kier molecular flexibility index (Phi) is 3.79. The number of nitrogens with one attached hydrogen (secondary N) is 1. The highest BCUT2D eigenvalue weighted by Crippen LogP contribution is 2.32. The molecule has 1 N–H and O–H groups in total. The Bertz CT molecular complexity index is 626. The zero-order chi connectivity index (χ0) is 14.8. The maximum absolute atomic E-state index is 5.43. The fraction of sp³-hybridized carbons (Fsp3) is 0.467. The van der Waals surface area contributed by atoms with Gasteiger partial charge in [0.2, 0.25) is 11.7 Å². The first-order valence-corrected chi connectivity index (χ1v) is 6.99. The van der Waals surface area contributed by atoms with Gasteiger partial charge >= 0.3 is 0 Å². The summed E-state index contributed by atoms with van der Waals surface area (Å²) < 4.78 is 16.0. The number of hydrogen-bond acceptors (Lipinski definition) is 6. The van der Waals surface area contributed by atoms with Crippen molar-refractivity contribution in [3.05, 3.63) is 24.1 Å². The molecule has 2 aromatic rings. The zero-order valence-corrected chi connectivity index (χ0v) is 12.4. The third-order valence-corrected chi connectivity index (χ3v) is 3.92. The second-order valence-corrected chi connectivity index (χ2v) is 5.27. The minimum atomic E-state index is 0.284. The number of ether oxygens (including phenoxy) is 2. The number of aromatic nitrogens is 2. The summed E-state index contributed by atoms with van der Waals surface area (Å²) in [6.07, 6.45) is 0. The van der Waals surface area contributed by atoms with Crippen LogP contribution in [0.5, 0.6) is 11.5 Å². The Balaban J connectivity index is 1.89. The maximum atomic E-state index is 5.43. The maximum Gasteiger partial charge on any atom is 0.231 e. The van der Waals surface area contributed by atoms with Gasteiger partial charge in [-0.1, -0.05) is 12.1 Å². The average Bonchev–Trinajstić information content (AvgIpc) is 3.15. The second-order valence-electron chi connectivity index (χ2n) is 5.27. The summed E-state index contributed by atoms with van der Waals surface area (Å²) in [6, 6.07) is 5.58. The molecule has 3 rings (SSSR count). The van der Waals surface area contributed by atoms with Gasteiger partial charge in [-0.15, -0.1) is 0 Å². The molecule has 2 atom stereocenters. The molecule has 6 nitrogen and oxygen atoms in total. The number of nitrogens with zero attached hydrogens (tertiary/aromatic N) is 2. The highest BCUT2D eigenvalue weighted by atomic mass is 16.5. The van der Waals surface area contributed by atoms with Crippen LogP contribution < -0.4 is 14.8 Å². The zero-order valence-electron chi connectivity index (χ0n) is 12.4. The van der Waals surface area contributed by atoms with Crippen LogP contribution in [-0.2, 0) is 0 Å². The molecule has 1 aromatic carbocycles. The van der Waals surface area contributed by atoms with Gasteiger partial charge in [-0.05, 0) is 30.7 Å². The number of hydrogen-bond donors (Lipinski definition) is 1. The van der Waals surface area contributed by atoms with Crippen LogP contribution in [0.4, 0.5) is 0 Å². The van der Waals surface area contributed by atoms with Gasteiger partial charge < -0.3 is 19.3 Å². The monoisotopic (exact) mass is 289 g/mol. The van der Waals surface area contributed by atoms with Crippen molar-refractivity contribution in [1.82, 2.24) is 15.5 Å². The van der Waals surface area contributed by atoms with E-state index in [-0.39, 0.29) is 5.92 Å². The van der Waals surface area contributed by atoms with E-state index < -0.39 is 0 Å². The number of methoxy groups -OCH3 is 2. The summed E-state index contributed by atoms with van der Waals surface area (Å²) in [5.41, 5.74) is 0.848. The van der Waals surface area contributed by atoms with Gasteiger partial charge in [-0.2, -0.15) is 4.98 Å². The van der Waals surface area contributed by atoms with Crippen LogP contribution >= 0.6 is 0 Å². The van der Waals surface area contributed by atoms with Crippen LogP contribution in [0.2, 0.25) is 0 Å². The molecule has 0 radical (unpaired) electrons. The van der Waals surface area contributed by atoms with Gasteiger partial charge in [-0.25, -0.2) is 0 Å². The largest absolute Gasteiger partial charge is 0.493 e. The average molecular weight is 289 g/mol. The summed E-state index contributed by atoms with van der Waals surface area (Å²) in [6.45, 7) is 4.05. The molecule has 2 unspecified atom stereocenters. The Morgan fingerprint density at radius 3 is 2.67 bits per heavy atom. The van der Waals surface area contributed by atoms with Crippen molar-refractivity contribution >= 4 is 0 Å². The quantitative estimate of drug-likeness (QED) is 0.929. The Hall–Kier alpha value is -2.08. The van der Waals surface area contributed by atoms with E-state index in [4.69, 9.17) is 14.0 Å². The molecule has 0 saturated carbocycles. The molecule has 0 bridgehead atoms. The van der Waals surface area contributed by atoms with E-state index in [2.05, 4.69) is 22.4 Å². The van der Waals surface area contributed by atoms with Crippen molar-refractivity contribution < 1.29 is 14.0 Å². The van der Waals surface area contributed by atoms with Gasteiger partial charge in [0.15, 0.2) is 11.5 Å². The third kappa shape index (κ3) is 2.58. The minimum Gasteiger partial charge on any atom is -0.493 e. The lowest BCUT2D eigenvalue weighted by atomic mass is 9.98. The van der Waals surface area contributed by atoms with Crippen LogP contribution in [0.3, 0.4) is 0 Å². The van der Waals surface area contributed by atoms with E-state index in [1.54, 1.807) is 14.2 Å². The summed E-state index contributed by atoms with van der Waals surface area (Å²) in [5, 5.41) is 7.42. The predicted octanol–water partition coefficient (Wildman–Crippen LogP) is 2.08. The summed E-state index contributed by atoms with van der Waals surface area (Å²) in [7, 11) is 3.22. The molecule has 0 spiro atoms. The van der Waals surface area contributed by atoms with Crippen LogP contribution in [-0.4, -0.2) is 37.4 Å². The standard InChI is InChI=1S/C15H19N3O3/c1-9-7-16-8-11(9)15-17-14(18-21-15)10-4-5-12(19-2)13(6-10)20-3/h4-6,9,11,16H,7-8H2,1-3H3. The summed E-state index contributed by atoms with van der Waals surface area (Å²) in [4.78, 5) is 4.53. The van der Waals surface area contributed by atoms with E-state index in [1.165, 1.54) is 0 Å². The second kappa shape index (κ2) is 5.73. The Morgan fingerprint density at radius 1 is 1.19 bits per heavy atom. The van der Waals surface area contributed by atoms with Crippen LogP contribution in [0.1, 0.15) is 18.7 Å². The topological polar surface area (TPSA) is 69.4 Å². The molecule has 6 heteroatoms. The summed E-state index contributed by atoms with van der Waals surface area (Å²) >= 11 is 0. The molecule has 1 fully saturated rings. The molecule has 1 saturated heterocycles. The van der Waals surface area contributed by atoms with Gasteiger partial charge in [0, 0.05) is 12.1 Å². The smallest absolute Gasteiger partial charge is 0.231 e. The number of benzene rings is 1. The summed E-state index contributed by atoms with van der Waals surface area (Å²) in [5.74, 6) is 3.38. The van der Waals surface area contributed by atoms with E-state index in [0.717, 1.165) is 18.7 Å². The normalized spacial score (nSPS) is 21.5. The third-order valence-electron chi connectivity index (χ3n) is 3.92. The first-order valence-electron chi connectivity index (χ1n) is 6.99. The fourth-order valence-corrected chi connectivity index (χ4v) is 2.62. The van der Waals surface area contributed by atoms with Gasteiger partial charge in [0.25, 0.3) is 0 Å². The van der Waals surface area contributed by atoms with Gasteiger partial charge in [0.05, 0.1) is 20.1 Å². The minimum absolute atomic E-state index is 0.284. The van der Waals surface area contributed by atoms with Crippen LogP contribution in [0.15, 0.2) is 22.7 Å². The van der Waals surface area contributed by atoms with E-state index in [9.17, 15) is 0 Å². The Labute approximate surface area is 123 Å². The van der Waals surface area contributed by atoms with Crippen molar-refractivity contribution in [3.63, 3.8) is 0 Å². The molecule has 1 aromatic heterocycles. The molecule has 21 heavy (non-hydrogen) atoms. The predicted molar refractivity (Wildman–Crippen MR) is 77.6 cm³/mol. The fourth-order valence-electron chi connectivity index (χ4n) is 2.62. The first kappa shape index (κ1) is 13.9. The molecule has 0 aliphatic carbocycles. The molecule has 112 valence electrons. The van der Waals surface area contributed by atoms with E-state index in [0.29, 0.717) is 29.1 Å². The van der Waals surface area contributed by atoms with Crippen LogP contribution in [0.25, 0.3) is 11.4 Å². The van der Waals surface area contributed by atoms with Gasteiger partial charge in [0.1, 0.15) is 0 Å². The highest BCUT2D eigenvalue weighted by molar-refractivity contribution is 5.60. The van der Waals surface area contributed by atoms with E-state index >= 15 is 0 Å². The van der Waals surface area contributed by atoms with E-state index in [1.807, 2.05) is 18.2 Å².